The van der Waals surface area contributed by atoms with E-state index in [0.717, 1.165) is 11.3 Å². The molecule has 25 heavy (non-hydrogen) atoms. The van der Waals surface area contributed by atoms with Crippen LogP contribution in [0.1, 0.15) is 5.69 Å². The molecule has 0 aromatic carbocycles. The molecular formula is C12H14N8O3S2. The highest BCUT2D eigenvalue weighted by Gasteiger charge is 2.31. The first kappa shape index (κ1) is 16.1. The van der Waals surface area contributed by atoms with Crippen molar-refractivity contribution < 1.29 is 8.42 Å². The lowest BCUT2D eigenvalue weighted by molar-refractivity contribution is 0.384. The molecular weight excluding hydrogens is 368 g/mol. The molecule has 3 aromatic heterocycles. The topological polar surface area (TPSA) is 129 Å². The fraction of sp³-hybridized carbons (Fsp3) is 0.417. The molecule has 1 fully saturated rings. The molecule has 3 aromatic rings. The molecule has 0 aliphatic carbocycles. The summed E-state index contributed by atoms with van der Waals surface area (Å²) in [6, 6.07) is 3.56. The number of H-pyrrole nitrogens is 1. The molecule has 0 amide bonds. The van der Waals surface area contributed by atoms with Crippen LogP contribution in [0.25, 0.3) is 5.65 Å². The van der Waals surface area contributed by atoms with Gasteiger partial charge in [0.15, 0.2) is 15.7 Å². The van der Waals surface area contributed by atoms with Gasteiger partial charge in [-0.15, -0.1) is 14.8 Å². The first-order valence-corrected chi connectivity index (χ1v) is 9.71. The zero-order chi connectivity index (χ0) is 17.6. The highest BCUT2D eigenvalue weighted by molar-refractivity contribution is 7.91. The summed E-state index contributed by atoms with van der Waals surface area (Å²) in [5.41, 5.74) is 0.922. The van der Waals surface area contributed by atoms with Crippen molar-refractivity contribution in [2.24, 2.45) is 0 Å². The van der Waals surface area contributed by atoms with Crippen LogP contribution in [0.15, 0.2) is 21.1 Å². The Kier molecular flexibility index (Phi) is 3.77. The number of rotatable bonds is 3. The lowest BCUT2D eigenvalue weighted by atomic mass is 10.3. The molecule has 132 valence electrons. The summed E-state index contributed by atoms with van der Waals surface area (Å²) in [7, 11) is -3.67. The molecule has 13 heteroatoms. The minimum atomic E-state index is -3.67. The predicted octanol–water partition coefficient (Wildman–Crippen LogP) is -0.912. The molecule has 4 rings (SSSR count). The molecule has 0 bridgehead atoms. The Labute approximate surface area is 145 Å². The summed E-state index contributed by atoms with van der Waals surface area (Å²) in [6.07, 6.45) is 0. The van der Waals surface area contributed by atoms with Gasteiger partial charge < -0.3 is 9.88 Å². The molecule has 1 aliphatic rings. The van der Waals surface area contributed by atoms with E-state index in [1.807, 2.05) is 4.90 Å². The van der Waals surface area contributed by atoms with Gasteiger partial charge in [0.05, 0.1) is 0 Å². The maximum absolute atomic E-state index is 12.7. The van der Waals surface area contributed by atoms with Crippen molar-refractivity contribution in [1.82, 2.24) is 34.5 Å². The molecule has 1 N–H and O–H groups in total. The third-order valence-corrected chi connectivity index (χ3v) is 7.45. The minimum Gasteiger partial charge on any atom is -0.352 e. The number of aryl methyl sites for hydroxylation is 1. The molecule has 0 radical (unpaired) electrons. The van der Waals surface area contributed by atoms with E-state index in [1.165, 1.54) is 8.94 Å². The summed E-state index contributed by atoms with van der Waals surface area (Å²) in [4.78, 5) is 15.5. The van der Waals surface area contributed by atoms with Crippen LogP contribution in [-0.4, -0.2) is 69.1 Å². The Morgan fingerprint density at radius 3 is 2.64 bits per heavy atom. The summed E-state index contributed by atoms with van der Waals surface area (Å²) < 4.78 is 28.2. The zero-order valence-corrected chi connectivity index (χ0v) is 14.8. The summed E-state index contributed by atoms with van der Waals surface area (Å²) in [5.74, 6) is 0.680. The number of tetrazole rings is 1. The number of aromatic amines is 1. The molecule has 0 spiro atoms. The lowest BCUT2D eigenvalue weighted by Crippen LogP contribution is -2.49. The van der Waals surface area contributed by atoms with Crippen LogP contribution in [0.3, 0.4) is 0 Å². The van der Waals surface area contributed by atoms with Gasteiger partial charge in [-0.2, -0.15) is 4.31 Å². The van der Waals surface area contributed by atoms with Crippen LogP contribution in [0.4, 0.5) is 5.82 Å². The summed E-state index contributed by atoms with van der Waals surface area (Å²) in [6.45, 7) is 3.18. The Morgan fingerprint density at radius 2 is 1.96 bits per heavy atom. The number of nitrogens with one attached hydrogen (secondary N) is 1. The molecule has 1 saturated heterocycles. The van der Waals surface area contributed by atoms with E-state index in [9.17, 15) is 13.2 Å². The number of thiazole rings is 1. The standard InChI is InChI=1S/C12H14N8O3S2/c1-8-11(24-12(21)13-8)25(22,23)19-6-4-18(5-7-19)10-3-2-9-14-16-17-20(9)15-10/h2-3H,4-7H2,1H3,(H,13,21). The second-order valence-corrected chi connectivity index (χ2v) is 8.65. The number of hydrogen-bond acceptors (Lipinski definition) is 9. The van der Waals surface area contributed by atoms with Crippen LogP contribution in [0, 0.1) is 6.92 Å². The fourth-order valence-electron chi connectivity index (χ4n) is 2.72. The number of aromatic nitrogens is 6. The number of sulfonamides is 1. The maximum atomic E-state index is 12.7. The third kappa shape index (κ3) is 2.79. The number of nitrogens with zero attached hydrogens (tertiary/aromatic N) is 7. The van der Waals surface area contributed by atoms with Gasteiger partial charge in [-0.05, 0) is 29.5 Å². The first-order chi connectivity index (χ1) is 11.9. The van der Waals surface area contributed by atoms with Gasteiger partial charge in [-0.3, -0.25) is 4.79 Å². The van der Waals surface area contributed by atoms with Crippen molar-refractivity contribution in [3.05, 3.63) is 27.5 Å². The normalized spacial score (nSPS) is 16.6. The van der Waals surface area contributed by atoms with Gasteiger partial charge in [0.25, 0.3) is 10.0 Å². The van der Waals surface area contributed by atoms with E-state index in [2.05, 4.69) is 25.6 Å². The van der Waals surface area contributed by atoms with E-state index in [-0.39, 0.29) is 9.08 Å². The lowest BCUT2D eigenvalue weighted by Gasteiger charge is -2.34. The predicted molar refractivity (Wildman–Crippen MR) is 89.2 cm³/mol. The Balaban J connectivity index is 1.52. The number of hydrogen-bond donors (Lipinski definition) is 1. The monoisotopic (exact) mass is 382 g/mol. The van der Waals surface area contributed by atoms with E-state index < -0.39 is 10.0 Å². The van der Waals surface area contributed by atoms with Gasteiger partial charge in [-0.25, -0.2) is 8.42 Å². The maximum Gasteiger partial charge on any atom is 0.305 e. The average Bonchev–Trinajstić information content (AvgIpc) is 3.20. The van der Waals surface area contributed by atoms with Crippen LogP contribution < -0.4 is 9.77 Å². The SMILES string of the molecule is Cc1[nH]c(=O)sc1S(=O)(=O)N1CCN(c2ccc3nnnn3n2)CC1. The molecule has 1 aliphatic heterocycles. The van der Waals surface area contributed by atoms with Crippen molar-refractivity contribution in [2.75, 3.05) is 31.1 Å². The largest absolute Gasteiger partial charge is 0.352 e. The summed E-state index contributed by atoms with van der Waals surface area (Å²) >= 11 is 0.722. The van der Waals surface area contributed by atoms with Gasteiger partial charge >= 0.3 is 4.87 Å². The van der Waals surface area contributed by atoms with Crippen molar-refractivity contribution in [1.29, 1.82) is 0 Å². The fourth-order valence-corrected chi connectivity index (χ4v) is 5.58. The summed E-state index contributed by atoms with van der Waals surface area (Å²) in [5, 5.41) is 15.4. The average molecular weight is 382 g/mol. The van der Waals surface area contributed by atoms with E-state index in [0.29, 0.717) is 43.3 Å². The van der Waals surface area contributed by atoms with E-state index >= 15 is 0 Å². The van der Waals surface area contributed by atoms with Gasteiger partial charge in [0.2, 0.25) is 0 Å². The van der Waals surface area contributed by atoms with Crippen LogP contribution >= 0.6 is 11.3 Å². The van der Waals surface area contributed by atoms with E-state index in [1.54, 1.807) is 19.1 Å². The van der Waals surface area contributed by atoms with Crippen molar-refractivity contribution in [2.45, 2.75) is 11.1 Å². The quantitative estimate of drug-likeness (QED) is 0.616. The minimum absolute atomic E-state index is 0.0826. The second kappa shape index (κ2) is 5.86. The van der Waals surface area contributed by atoms with Crippen molar-refractivity contribution in [3.8, 4) is 0 Å². The highest BCUT2D eigenvalue weighted by Crippen LogP contribution is 2.23. The van der Waals surface area contributed by atoms with Crippen LogP contribution in [-0.2, 0) is 10.0 Å². The van der Waals surface area contributed by atoms with Gasteiger partial charge in [-0.1, -0.05) is 11.3 Å². The smallest absolute Gasteiger partial charge is 0.305 e. The third-order valence-electron chi connectivity index (χ3n) is 3.97. The highest BCUT2D eigenvalue weighted by atomic mass is 32.2. The molecule has 0 saturated carbocycles. The van der Waals surface area contributed by atoms with Crippen molar-refractivity contribution in [3.63, 3.8) is 0 Å². The zero-order valence-electron chi connectivity index (χ0n) is 13.2. The Bertz CT molecular complexity index is 1080. The number of piperazine rings is 1. The van der Waals surface area contributed by atoms with Gasteiger partial charge in [0.1, 0.15) is 0 Å². The van der Waals surface area contributed by atoms with Gasteiger partial charge in [0, 0.05) is 31.9 Å². The van der Waals surface area contributed by atoms with Crippen molar-refractivity contribution >= 4 is 32.8 Å². The Morgan fingerprint density at radius 1 is 1.20 bits per heavy atom. The second-order valence-electron chi connectivity index (χ2n) is 5.54. The van der Waals surface area contributed by atoms with Crippen LogP contribution in [0.5, 0.6) is 0 Å². The molecule has 0 unspecified atom stereocenters. The number of anilines is 1. The Hall–Kier alpha value is -2.38. The molecule has 4 heterocycles. The molecule has 0 atom stereocenters. The molecule has 11 nitrogen and oxygen atoms in total. The number of fused-ring (bicyclic) bond motifs is 1. The first-order valence-electron chi connectivity index (χ1n) is 7.45. The van der Waals surface area contributed by atoms with Crippen LogP contribution in [0.2, 0.25) is 0 Å². The van der Waals surface area contributed by atoms with E-state index in [4.69, 9.17) is 0 Å².